The van der Waals surface area contributed by atoms with Crippen LogP contribution in [0.4, 0.5) is 11.9 Å². The third kappa shape index (κ3) is 2.73. The number of nitrogens with two attached hydrogens (primary N) is 1. The Morgan fingerprint density at radius 1 is 1.35 bits per heavy atom. The topological polar surface area (TPSA) is 86.4 Å². The summed E-state index contributed by atoms with van der Waals surface area (Å²) in [4.78, 5) is 14.2. The maximum Gasteiger partial charge on any atom is 0.322 e. The Morgan fingerprint density at radius 2 is 2.18 bits per heavy atom. The monoisotopic (exact) mass is 239 g/mol. The molecule has 7 heteroatoms. The predicted molar refractivity (Wildman–Crippen MR) is 63.0 cm³/mol. The maximum atomic E-state index is 5.60. The van der Waals surface area contributed by atoms with Crippen LogP contribution in [0.15, 0.2) is 0 Å². The van der Waals surface area contributed by atoms with Gasteiger partial charge in [-0.25, -0.2) is 0 Å². The highest BCUT2D eigenvalue weighted by molar-refractivity contribution is 5.37. The molecule has 0 radical (unpaired) electrons. The van der Waals surface area contributed by atoms with Gasteiger partial charge in [-0.2, -0.15) is 15.0 Å². The maximum absolute atomic E-state index is 5.60. The van der Waals surface area contributed by atoms with E-state index in [4.69, 9.17) is 15.2 Å². The third-order valence-electron chi connectivity index (χ3n) is 2.77. The second-order valence-electron chi connectivity index (χ2n) is 4.04. The van der Waals surface area contributed by atoms with E-state index in [2.05, 4.69) is 19.9 Å². The van der Waals surface area contributed by atoms with Crippen molar-refractivity contribution in [3.8, 4) is 6.01 Å². The number of methoxy groups -OCH3 is 2. The summed E-state index contributed by atoms with van der Waals surface area (Å²) in [6.07, 6.45) is 1.07. The molecule has 1 aliphatic rings. The van der Waals surface area contributed by atoms with Crippen molar-refractivity contribution in [1.82, 2.24) is 15.0 Å². The number of aromatic nitrogens is 3. The summed E-state index contributed by atoms with van der Waals surface area (Å²) >= 11 is 0. The zero-order chi connectivity index (χ0) is 12.3. The molecule has 1 saturated heterocycles. The van der Waals surface area contributed by atoms with Crippen LogP contribution in [0.5, 0.6) is 6.01 Å². The molecule has 1 aliphatic heterocycles. The summed E-state index contributed by atoms with van der Waals surface area (Å²) in [7, 11) is 3.23. The van der Waals surface area contributed by atoms with Gasteiger partial charge in [-0.1, -0.05) is 0 Å². The van der Waals surface area contributed by atoms with Crippen molar-refractivity contribution in [2.45, 2.75) is 6.42 Å². The summed E-state index contributed by atoms with van der Waals surface area (Å²) in [5, 5.41) is 0. The largest absolute Gasteiger partial charge is 0.467 e. The first-order valence-electron chi connectivity index (χ1n) is 5.52. The summed E-state index contributed by atoms with van der Waals surface area (Å²) in [6.45, 7) is 2.54. The number of nitrogens with zero attached hydrogens (tertiary/aromatic N) is 4. The van der Waals surface area contributed by atoms with Gasteiger partial charge < -0.3 is 20.1 Å². The van der Waals surface area contributed by atoms with E-state index < -0.39 is 0 Å². The number of nitrogen functional groups attached to an aromatic ring is 1. The van der Waals surface area contributed by atoms with Gasteiger partial charge >= 0.3 is 6.01 Å². The van der Waals surface area contributed by atoms with Crippen LogP contribution in [0, 0.1) is 5.92 Å². The molecule has 1 fully saturated rings. The van der Waals surface area contributed by atoms with Gasteiger partial charge in [-0.3, -0.25) is 0 Å². The van der Waals surface area contributed by atoms with Crippen molar-refractivity contribution in [2.75, 3.05) is 44.5 Å². The lowest BCUT2D eigenvalue weighted by molar-refractivity contribution is 0.161. The molecule has 0 aliphatic carbocycles. The highest BCUT2D eigenvalue weighted by Crippen LogP contribution is 2.22. The van der Waals surface area contributed by atoms with Crippen molar-refractivity contribution < 1.29 is 9.47 Å². The van der Waals surface area contributed by atoms with Crippen molar-refractivity contribution in [1.29, 1.82) is 0 Å². The molecule has 1 atom stereocenters. The van der Waals surface area contributed by atoms with E-state index in [1.54, 1.807) is 7.11 Å². The SMILES string of the molecule is COCC1CCN(c2nc(N)nc(OC)n2)C1. The minimum absolute atomic E-state index is 0.182. The normalized spacial score (nSPS) is 19.6. The van der Waals surface area contributed by atoms with Crippen molar-refractivity contribution in [3.05, 3.63) is 0 Å². The van der Waals surface area contributed by atoms with E-state index in [1.807, 2.05) is 0 Å². The lowest BCUT2D eigenvalue weighted by Crippen LogP contribution is -2.24. The lowest BCUT2D eigenvalue weighted by atomic mass is 10.1. The highest BCUT2D eigenvalue weighted by atomic mass is 16.5. The van der Waals surface area contributed by atoms with E-state index in [0.29, 0.717) is 11.9 Å². The fraction of sp³-hybridized carbons (Fsp3) is 0.700. The van der Waals surface area contributed by atoms with E-state index in [1.165, 1.54) is 7.11 Å². The van der Waals surface area contributed by atoms with Crippen molar-refractivity contribution in [3.63, 3.8) is 0 Å². The number of rotatable bonds is 4. The molecule has 0 amide bonds. The Balaban J connectivity index is 2.10. The van der Waals surface area contributed by atoms with Gasteiger partial charge in [0.25, 0.3) is 0 Å². The number of anilines is 2. The van der Waals surface area contributed by atoms with Gasteiger partial charge in [0, 0.05) is 26.1 Å². The first-order valence-corrected chi connectivity index (χ1v) is 5.52. The molecule has 0 spiro atoms. The standard InChI is InChI=1S/C10H17N5O2/c1-16-6-7-3-4-15(5-7)9-12-8(11)13-10(14-9)17-2/h7H,3-6H2,1-2H3,(H2,11,12,13,14). The molecule has 94 valence electrons. The Morgan fingerprint density at radius 3 is 2.88 bits per heavy atom. The number of hydrogen-bond donors (Lipinski definition) is 1. The van der Waals surface area contributed by atoms with Crippen LogP contribution in [0.2, 0.25) is 0 Å². The summed E-state index contributed by atoms with van der Waals surface area (Å²) < 4.78 is 10.1. The van der Waals surface area contributed by atoms with E-state index in [9.17, 15) is 0 Å². The van der Waals surface area contributed by atoms with Gasteiger partial charge in [-0.05, 0) is 6.42 Å². The average Bonchev–Trinajstić information content (AvgIpc) is 2.77. The van der Waals surface area contributed by atoms with Gasteiger partial charge in [0.05, 0.1) is 13.7 Å². The van der Waals surface area contributed by atoms with Crippen LogP contribution in [0.1, 0.15) is 6.42 Å². The smallest absolute Gasteiger partial charge is 0.322 e. The van der Waals surface area contributed by atoms with Crippen LogP contribution < -0.4 is 15.4 Å². The molecular formula is C10H17N5O2. The lowest BCUT2D eigenvalue weighted by Gasteiger charge is -2.16. The first kappa shape index (κ1) is 11.8. The molecule has 1 aromatic rings. The second kappa shape index (κ2) is 5.13. The zero-order valence-corrected chi connectivity index (χ0v) is 10.1. The zero-order valence-electron chi connectivity index (χ0n) is 10.1. The molecule has 17 heavy (non-hydrogen) atoms. The minimum atomic E-state index is 0.182. The number of ether oxygens (including phenoxy) is 2. The summed E-state index contributed by atoms with van der Waals surface area (Å²) in [6, 6.07) is 0.252. The van der Waals surface area contributed by atoms with E-state index in [-0.39, 0.29) is 12.0 Å². The van der Waals surface area contributed by atoms with Crippen LogP contribution in [-0.2, 0) is 4.74 Å². The Bertz CT molecular complexity index is 387. The molecule has 2 N–H and O–H groups in total. The van der Waals surface area contributed by atoms with E-state index >= 15 is 0 Å². The van der Waals surface area contributed by atoms with Crippen LogP contribution in [0.25, 0.3) is 0 Å². The third-order valence-corrected chi connectivity index (χ3v) is 2.77. The predicted octanol–water partition coefficient (Wildman–Crippen LogP) is -0.0649. The minimum Gasteiger partial charge on any atom is -0.467 e. The molecule has 2 heterocycles. The first-order chi connectivity index (χ1) is 8.22. The average molecular weight is 239 g/mol. The van der Waals surface area contributed by atoms with Gasteiger partial charge in [0.1, 0.15) is 0 Å². The highest BCUT2D eigenvalue weighted by Gasteiger charge is 2.25. The molecule has 0 aromatic carbocycles. The number of hydrogen-bond acceptors (Lipinski definition) is 7. The fourth-order valence-electron chi connectivity index (χ4n) is 1.98. The van der Waals surface area contributed by atoms with Gasteiger partial charge in [-0.15, -0.1) is 0 Å². The summed E-state index contributed by atoms with van der Waals surface area (Å²) in [5.74, 6) is 1.28. The molecular weight excluding hydrogens is 222 g/mol. The van der Waals surface area contributed by atoms with Crippen molar-refractivity contribution in [2.24, 2.45) is 5.92 Å². The quantitative estimate of drug-likeness (QED) is 0.787. The Hall–Kier alpha value is -1.63. The Labute approximate surface area is 100.0 Å². The molecule has 7 nitrogen and oxygen atoms in total. The van der Waals surface area contributed by atoms with Crippen LogP contribution in [0.3, 0.4) is 0 Å². The Kier molecular flexibility index (Phi) is 3.58. The van der Waals surface area contributed by atoms with Gasteiger partial charge in [0.15, 0.2) is 0 Å². The summed E-state index contributed by atoms with van der Waals surface area (Å²) in [5.41, 5.74) is 5.60. The molecule has 0 saturated carbocycles. The fourth-order valence-corrected chi connectivity index (χ4v) is 1.98. The van der Waals surface area contributed by atoms with Crippen LogP contribution >= 0.6 is 0 Å². The van der Waals surface area contributed by atoms with E-state index in [0.717, 1.165) is 26.1 Å². The molecule has 1 aromatic heterocycles. The molecule has 0 bridgehead atoms. The second-order valence-corrected chi connectivity index (χ2v) is 4.04. The van der Waals surface area contributed by atoms with Gasteiger partial charge in [0.2, 0.25) is 11.9 Å². The molecule has 1 unspecified atom stereocenters. The van der Waals surface area contributed by atoms with Crippen molar-refractivity contribution >= 4 is 11.9 Å². The van der Waals surface area contributed by atoms with Crippen LogP contribution in [-0.4, -0.2) is 48.9 Å². The molecule has 2 rings (SSSR count).